The quantitative estimate of drug-likeness (QED) is 0.527. The lowest BCUT2D eigenvalue weighted by atomic mass is 10.2. The van der Waals surface area contributed by atoms with Gasteiger partial charge in [0.1, 0.15) is 5.01 Å². The summed E-state index contributed by atoms with van der Waals surface area (Å²) in [4.78, 5) is 5.81. The minimum Gasteiger partial charge on any atom is -0.236 e. The van der Waals surface area contributed by atoms with Gasteiger partial charge in [-0.05, 0) is 18.2 Å². The number of hydrogen-bond donors (Lipinski definition) is 1. The van der Waals surface area contributed by atoms with Crippen LogP contribution in [0.2, 0.25) is 0 Å². The number of benzene rings is 2. The number of fused-ring (bicyclic) bond motifs is 1. The van der Waals surface area contributed by atoms with Crippen LogP contribution in [-0.2, 0) is 0 Å². The molecule has 4 heteroatoms. The van der Waals surface area contributed by atoms with E-state index < -0.39 is 0 Å². The molecule has 1 nitrogen and oxygen atoms in total. The molecule has 0 amide bonds. The topological polar surface area (TPSA) is 12.9 Å². The van der Waals surface area contributed by atoms with Crippen molar-refractivity contribution in [2.45, 2.75) is 4.90 Å². The van der Waals surface area contributed by atoms with Crippen LogP contribution in [0, 0.1) is 0 Å². The summed E-state index contributed by atoms with van der Waals surface area (Å²) in [6.45, 7) is 0. The van der Waals surface area contributed by atoms with Crippen LogP contribution in [0.5, 0.6) is 0 Å². The fraction of sp³-hybridized carbons (Fsp3) is 0. The van der Waals surface area contributed by atoms with Crippen LogP contribution in [0.4, 0.5) is 0 Å². The average Bonchev–Trinajstić information content (AvgIpc) is 2.82. The lowest BCUT2D eigenvalue weighted by molar-refractivity contribution is 1.40. The average molecular weight is 275 g/mol. The summed E-state index contributed by atoms with van der Waals surface area (Å²) in [5, 5.41) is 1.06. The van der Waals surface area contributed by atoms with Crippen molar-refractivity contribution < 1.29 is 0 Å². The molecule has 0 atom stereocenters. The van der Waals surface area contributed by atoms with E-state index in [9.17, 15) is 0 Å². The van der Waals surface area contributed by atoms with E-state index in [1.165, 1.54) is 15.5 Å². The Balaban J connectivity index is 2.20. The lowest BCUT2D eigenvalue weighted by Crippen LogP contribution is -1.78. The van der Waals surface area contributed by atoms with Gasteiger partial charge in [-0.25, -0.2) is 4.98 Å². The maximum absolute atomic E-state index is 4.66. The zero-order chi connectivity index (χ0) is 11.7. The van der Waals surface area contributed by atoms with Gasteiger partial charge in [-0.15, -0.1) is 23.0 Å². The van der Waals surface area contributed by atoms with E-state index in [4.69, 9.17) is 0 Å². The Morgan fingerprint density at radius 3 is 2.59 bits per heavy atom. The first kappa shape index (κ1) is 11.1. The molecule has 0 saturated heterocycles. The summed E-state index contributed by atoms with van der Waals surface area (Å²) in [5.74, 6) is 0. The predicted molar refractivity (Wildman–Crippen MR) is 79.9 cm³/mol. The minimum atomic E-state index is 1.06. The van der Waals surface area contributed by atoms with E-state index in [2.05, 4.69) is 34.8 Å². The first-order chi connectivity index (χ1) is 8.38. The van der Waals surface area contributed by atoms with Gasteiger partial charge in [0.05, 0.1) is 10.2 Å². The molecule has 3 rings (SSSR count). The van der Waals surface area contributed by atoms with Gasteiger partial charge in [0, 0.05) is 10.5 Å². The predicted octanol–water partition coefficient (Wildman–Crippen LogP) is 4.90. The molecule has 0 radical (unpaired) electrons. The van der Waals surface area contributed by atoms with Crippen LogP contribution in [0.25, 0.3) is 20.8 Å². The molecule has 0 aliphatic carbocycles. The largest absolute Gasteiger partial charge is 0.236 e. The highest BCUT2D eigenvalue weighted by molar-refractivity contribution is 8.68. The molecule has 0 aliphatic heterocycles. The zero-order valence-corrected chi connectivity index (χ0v) is 11.4. The van der Waals surface area contributed by atoms with Crippen LogP contribution in [0.15, 0.2) is 53.4 Å². The van der Waals surface area contributed by atoms with Gasteiger partial charge in [0.15, 0.2) is 0 Å². The Kier molecular flexibility index (Phi) is 3.09. The highest BCUT2D eigenvalue weighted by atomic mass is 33.1. The smallest absolute Gasteiger partial charge is 0.125 e. The zero-order valence-electron chi connectivity index (χ0n) is 8.83. The van der Waals surface area contributed by atoms with E-state index in [1.54, 1.807) is 11.3 Å². The number of thiol groups is 1. The van der Waals surface area contributed by atoms with E-state index in [0.29, 0.717) is 0 Å². The Morgan fingerprint density at radius 2 is 1.76 bits per heavy atom. The number of para-hydroxylation sites is 1. The maximum atomic E-state index is 4.66. The first-order valence-electron chi connectivity index (χ1n) is 5.15. The second-order valence-corrected chi connectivity index (χ2v) is 5.77. The van der Waals surface area contributed by atoms with Crippen LogP contribution >= 0.6 is 33.8 Å². The molecule has 1 heterocycles. The normalized spacial score (nSPS) is 10.9. The molecule has 0 aliphatic rings. The van der Waals surface area contributed by atoms with Crippen LogP contribution in [0.1, 0.15) is 0 Å². The highest BCUT2D eigenvalue weighted by Crippen LogP contribution is 2.36. The summed E-state index contributed by atoms with van der Waals surface area (Å²) in [5.41, 5.74) is 2.22. The van der Waals surface area contributed by atoms with Gasteiger partial charge in [-0.3, -0.25) is 0 Å². The van der Waals surface area contributed by atoms with Crippen molar-refractivity contribution in [2.75, 3.05) is 0 Å². The molecule has 0 saturated carbocycles. The van der Waals surface area contributed by atoms with Gasteiger partial charge in [-0.2, -0.15) is 0 Å². The third kappa shape index (κ3) is 2.08. The Morgan fingerprint density at radius 1 is 1.00 bits per heavy atom. The Labute approximate surface area is 113 Å². The van der Waals surface area contributed by atoms with Crippen molar-refractivity contribution in [3.63, 3.8) is 0 Å². The fourth-order valence-electron chi connectivity index (χ4n) is 1.71. The molecule has 0 unspecified atom stereocenters. The number of nitrogens with zero attached hydrogens (tertiary/aromatic N) is 1. The highest BCUT2D eigenvalue weighted by Gasteiger charge is 2.09. The SMILES string of the molecule is SSc1ccccc1-c1nc2ccccc2s1. The van der Waals surface area contributed by atoms with E-state index >= 15 is 0 Å². The number of rotatable bonds is 2. The van der Waals surface area contributed by atoms with E-state index in [1.807, 2.05) is 30.3 Å². The van der Waals surface area contributed by atoms with Crippen molar-refractivity contribution in [1.82, 2.24) is 4.98 Å². The van der Waals surface area contributed by atoms with Gasteiger partial charge in [0.2, 0.25) is 0 Å². The van der Waals surface area contributed by atoms with E-state index in [0.717, 1.165) is 21.0 Å². The molecule has 0 fully saturated rings. The molecular weight excluding hydrogens is 266 g/mol. The standard InChI is InChI=1S/C13H9NS3/c15-17-11-7-3-1-5-9(11)13-14-10-6-2-4-8-12(10)16-13/h1-8,15H. The monoisotopic (exact) mass is 275 g/mol. The van der Waals surface area contributed by atoms with Crippen molar-refractivity contribution in [2.24, 2.45) is 0 Å². The minimum absolute atomic E-state index is 1.06. The summed E-state index contributed by atoms with van der Waals surface area (Å²) >= 11 is 6.01. The first-order valence-corrected chi connectivity index (χ1v) is 7.83. The molecule has 3 aromatic rings. The number of thiazole rings is 1. The molecule has 0 bridgehead atoms. The third-order valence-corrected chi connectivity index (χ3v) is 4.72. The van der Waals surface area contributed by atoms with Gasteiger partial charge in [0.25, 0.3) is 0 Å². The van der Waals surface area contributed by atoms with Crippen molar-refractivity contribution in [1.29, 1.82) is 0 Å². The summed E-state index contributed by atoms with van der Waals surface area (Å²) in [7, 11) is 1.46. The fourth-order valence-corrected chi connectivity index (χ4v) is 3.66. The van der Waals surface area contributed by atoms with Crippen molar-refractivity contribution in [3.05, 3.63) is 48.5 Å². The van der Waals surface area contributed by atoms with Gasteiger partial charge in [-0.1, -0.05) is 41.1 Å². The Bertz CT molecular complexity index is 627. The molecule has 2 aromatic carbocycles. The van der Waals surface area contributed by atoms with Gasteiger partial charge < -0.3 is 0 Å². The summed E-state index contributed by atoms with van der Waals surface area (Å²) in [6.07, 6.45) is 0. The molecule has 0 N–H and O–H groups in total. The van der Waals surface area contributed by atoms with Gasteiger partial charge >= 0.3 is 0 Å². The number of hydrogen-bond acceptors (Lipinski definition) is 4. The lowest BCUT2D eigenvalue weighted by Gasteiger charge is -2.01. The van der Waals surface area contributed by atoms with Crippen molar-refractivity contribution in [3.8, 4) is 10.6 Å². The second kappa shape index (κ2) is 4.72. The Hall–Kier alpha value is -0.970. The van der Waals surface area contributed by atoms with Crippen LogP contribution in [0.3, 0.4) is 0 Å². The maximum Gasteiger partial charge on any atom is 0.125 e. The molecular formula is C13H9NS3. The molecule has 17 heavy (non-hydrogen) atoms. The molecule has 84 valence electrons. The molecule has 0 spiro atoms. The van der Waals surface area contributed by atoms with Crippen LogP contribution < -0.4 is 0 Å². The van der Waals surface area contributed by atoms with Crippen LogP contribution in [-0.4, -0.2) is 4.98 Å². The van der Waals surface area contributed by atoms with E-state index in [-0.39, 0.29) is 0 Å². The third-order valence-electron chi connectivity index (χ3n) is 2.51. The second-order valence-electron chi connectivity index (χ2n) is 3.57. The molecule has 1 aromatic heterocycles. The summed E-state index contributed by atoms with van der Waals surface area (Å²) in [6, 6.07) is 16.4. The number of aromatic nitrogens is 1. The van der Waals surface area contributed by atoms with Crippen molar-refractivity contribution >= 4 is 44.0 Å². The summed E-state index contributed by atoms with van der Waals surface area (Å²) < 4.78 is 1.22.